The number of carbonyl (C=O) groups is 1. The van der Waals surface area contributed by atoms with Gasteiger partial charge in [-0.25, -0.2) is 0 Å². The van der Waals surface area contributed by atoms with Crippen molar-refractivity contribution in [1.82, 2.24) is 10.2 Å². The number of likely N-dealkylation sites (tertiary alicyclic amines) is 1. The van der Waals surface area contributed by atoms with Gasteiger partial charge in [-0.3, -0.25) is 4.79 Å². The first-order valence-electron chi connectivity index (χ1n) is 5.82. The van der Waals surface area contributed by atoms with Crippen LogP contribution in [0.2, 0.25) is 0 Å². The Hall–Kier alpha value is -0.610. The van der Waals surface area contributed by atoms with Gasteiger partial charge in [0.1, 0.15) is 0 Å². The highest BCUT2D eigenvalue weighted by Gasteiger charge is 2.27. The van der Waals surface area contributed by atoms with E-state index in [1.807, 2.05) is 0 Å². The van der Waals surface area contributed by atoms with Gasteiger partial charge >= 0.3 is 0 Å². The standard InChI is InChI=1S/C11H23N3O/c1-9-6-10(7-12)8-14(9)5-3-4-11(15)13-2/h9-10H,3-8,12H2,1-2H3,(H,13,15). The van der Waals surface area contributed by atoms with Crippen molar-refractivity contribution in [3.05, 3.63) is 0 Å². The van der Waals surface area contributed by atoms with Gasteiger partial charge < -0.3 is 16.0 Å². The van der Waals surface area contributed by atoms with E-state index >= 15 is 0 Å². The molecule has 0 aromatic rings. The number of nitrogens with two attached hydrogens (primary N) is 1. The van der Waals surface area contributed by atoms with E-state index in [1.165, 1.54) is 6.42 Å². The van der Waals surface area contributed by atoms with Crippen molar-refractivity contribution >= 4 is 5.91 Å². The Morgan fingerprint density at radius 3 is 2.87 bits per heavy atom. The van der Waals surface area contributed by atoms with Gasteiger partial charge in [0.2, 0.25) is 5.91 Å². The van der Waals surface area contributed by atoms with Crippen molar-refractivity contribution in [2.45, 2.75) is 32.2 Å². The Kier molecular flexibility index (Phi) is 5.05. The van der Waals surface area contributed by atoms with Crippen LogP contribution in [0.4, 0.5) is 0 Å². The predicted molar refractivity (Wildman–Crippen MR) is 61.5 cm³/mol. The van der Waals surface area contributed by atoms with Gasteiger partial charge in [0.15, 0.2) is 0 Å². The lowest BCUT2D eigenvalue weighted by Crippen LogP contribution is -2.30. The molecule has 1 saturated heterocycles. The van der Waals surface area contributed by atoms with E-state index in [2.05, 4.69) is 17.1 Å². The molecule has 1 rings (SSSR count). The summed E-state index contributed by atoms with van der Waals surface area (Å²) >= 11 is 0. The first-order valence-corrected chi connectivity index (χ1v) is 5.82. The lowest BCUT2D eigenvalue weighted by molar-refractivity contribution is -0.120. The van der Waals surface area contributed by atoms with Crippen LogP contribution in [0.15, 0.2) is 0 Å². The third kappa shape index (κ3) is 3.80. The molecule has 88 valence electrons. The summed E-state index contributed by atoms with van der Waals surface area (Å²) in [5.41, 5.74) is 5.67. The second-order valence-corrected chi connectivity index (χ2v) is 4.46. The van der Waals surface area contributed by atoms with Crippen molar-refractivity contribution in [2.24, 2.45) is 11.7 Å². The number of amides is 1. The summed E-state index contributed by atoms with van der Waals surface area (Å²) in [6.45, 7) is 5.16. The fourth-order valence-corrected chi connectivity index (χ4v) is 2.27. The summed E-state index contributed by atoms with van der Waals surface area (Å²) in [6, 6.07) is 0.628. The van der Waals surface area contributed by atoms with Crippen molar-refractivity contribution in [3.63, 3.8) is 0 Å². The highest BCUT2D eigenvalue weighted by atomic mass is 16.1. The molecule has 3 N–H and O–H groups in total. The second kappa shape index (κ2) is 6.08. The molecule has 1 amide bonds. The van der Waals surface area contributed by atoms with Crippen LogP contribution in [0.3, 0.4) is 0 Å². The third-order valence-corrected chi connectivity index (χ3v) is 3.25. The maximum atomic E-state index is 11.0. The highest BCUT2D eigenvalue weighted by molar-refractivity contribution is 5.75. The van der Waals surface area contributed by atoms with Crippen LogP contribution in [-0.2, 0) is 4.79 Å². The van der Waals surface area contributed by atoms with Crippen molar-refractivity contribution < 1.29 is 4.79 Å². The zero-order valence-electron chi connectivity index (χ0n) is 9.83. The van der Waals surface area contributed by atoms with Gasteiger partial charge in [-0.15, -0.1) is 0 Å². The van der Waals surface area contributed by atoms with E-state index in [0.717, 1.165) is 26.1 Å². The molecule has 1 heterocycles. The molecule has 0 aromatic heterocycles. The smallest absolute Gasteiger partial charge is 0.219 e. The lowest BCUT2D eigenvalue weighted by Gasteiger charge is -2.20. The molecular formula is C11H23N3O. The first-order chi connectivity index (χ1) is 7.17. The molecule has 0 spiro atoms. The van der Waals surface area contributed by atoms with E-state index in [1.54, 1.807) is 7.05 Å². The summed E-state index contributed by atoms with van der Waals surface area (Å²) in [6.07, 6.45) is 2.78. The molecule has 0 radical (unpaired) electrons. The van der Waals surface area contributed by atoms with Gasteiger partial charge in [-0.2, -0.15) is 0 Å². The molecule has 2 unspecified atom stereocenters. The van der Waals surface area contributed by atoms with Gasteiger partial charge in [-0.05, 0) is 38.8 Å². The molecule has 1 aliphatic heterocycles. The van der Waals surface area contributed by atoms with Crippen molar-refractivity contribution in [1.29, 1.82) is 0 Å². The molecule has 0 aliphatic carbocycles. The fourth-order valence-electron chi connectivity index (χ4n) is 2.27. The topological polar surface area (TPSA) is 58.4 Å². The minimum atomic E-state index is 0.136. The van der Waals surface area contributed by atoms with Gasteiger partial charge in [0.05, 0.1) is 0 Å². The molecule has 1 fully saturated rings. The zero-order valence-corrected chi connectivity index (χ0v) is 9.83. The largest absolute Gasteiger partial charge is 0.359 e. The molecule has 0 bridgehead atoms. The Bertz CT molecular complexity index is 208. The maximum absolute atomic E-state index is 11.0. The molecular weight excluding hydrogens is 190 g/mol. The summed E-state index contributed by atoms with van der Waals surface area (Å²) in [7, 11) is 1.69. The van der Waals surface area contributed by atoms with Crippen LogP contribution in [-0.4, -0.2) is 43.5 Å². The van der Waals surface area contributed by atoms with E-state index in [0.29, 0.717) is 18.4 Å². The van der Waals surface area contributed by atoms with Crippen LogP contribution in [0.1, 0.15) is 26.2 Å². The van der Waals surface area contributed by atoms with Gasteiger partial charge in [0, 0.05) is 26.1 Å². The summed E-state index contributed by atoms with van der Waals surface area (Å²) in [5, 5.41) is 2.64. The summed E-state index contributed by atoms with van der Waals surface area (Å²) < 4.78 is 0. The fraction of sp³-hybridized carbons (Fsp3) is 0.909. The van der Waals surface area contributed by atoms with E-state index in [9.17, 15) is 4.79 Å². The second-order valence-electron chi connectivity index (χ2n) is 4.46. The van der Waals surface area contributed by atoms with Crippen LogP contribution in [0.25, 0.3) is 0 Å². The number of nitrogens with one attached hydrogen (secondary N) is 1. The number of carbonyl (C=O) groups excluding carboxylic acids is 1. The number of hydrogen-bond acceptors (Lipinski definition) is 3. The van der Waals surface area contributed by atoms with Crippen LogP contribution in [0.5, 0.6) is 0 Å². The lowest BCUT2D eigenvalue weighted by atomic mass is 10.1. The maximum Gasteiger partial charge on any atom is 0.219 e. The summed E-state index contributed by atoms with van der Waals surface area (Å²) in [4.78, 5) is 13.5. The first kappa shape index (κ1) is 12.5. The minimum absolute atomic E-state index is 0.136. The molecule has 4 nitrogen and oxygen atoms in total. The molecule has 15 heavy (non-hydrogen) atoms. The average Bonchev–Trinajstić information content (AvgIpc) is 2.59. The number of hydrogen-bond donors (Lipinski definition) is 2. The molecule has 0 aromatic carbocycles. The van der Waals surface area contributed by atoms with Gasteiger partial charge in [0.25, 0.3) is 0 Å². The Labute approximate surface area is 92.2 Å². The minimum Gasteiger partial charge on any atom is -0.359 e. The SMILES string of the molecule is CNC(=O)CCCN1CC(CN)CC1C. The number of nitrogens with zero attached hydrogens (tertiary/aromatic N) is 1. The van der Waals surface area contributed by atoms with E-state index in [-0.39, 0.29) is 5.91 Å². The monoisotopic (exact) mass is 213 g/mol. The van der Waals surface area contributed by atoms with E-state index < -0.39 is 0 Å². The quantitative estimate of drug-likeness (QED) is 0.685. The Morgan fingerprint density at radius 1 is 1.60 bits per heavy atom. The van der Waals surface area contributed by atoms with Crippen molar-refractivity contribution in [2.75, 3.05) is 26.7 Å². The molecule has 2 atom stereocenters. The zero-order chi connectivity index (χ0) is 11.3. The van der Waals surface area contributed by atoms with Crippen LogP contribution in [0, 0.1) is 5.92 Å². The predicted octanol–water partition coefficient (Wildman–Crippen LogP) is 0.182. The average molecular weight is 213 g/mol. The van der Waals surface area contributed by atoms with Crippen LogP contribution < -0.4 is 11.1 Å². The normalized spacial score (nSPS) is 26.9. The Balaban J connectivity index is 2.19. The van der Waals surface area contributed by atoms with Crippen LogP contribution >= 0.6 is 0 Å². The highest BCUT2D eigenvalue weighted by Crippen LogP contribution is 2.22. The number of rotatable bonds is 5. The molecule has 4 heteroatoms. The third-order valence-electron chi connectivity index (χ3n) is 3.25. The van der Waals surface area contributed by atoms with Gasteiger partial charge in [-0.1, -0.05) is 0 Å². The molecule has 0 saturated carbocycles. The molecule has 1 aliphatic rings. The summed E-state index contributed by atoms with van der Waals surface area (Å²) in [5.74, 6) is 0.789. The van der Waals surface area contributed by atoms with E-state index in [4.69, 9.17) is 5.73 Å². The van der Waals surface area contributed by atoms with Crippen molar-refractivity contribution in [3.8, 4) is 0 Å². The Morgan fingerprint density at radius 2 is 2.33 bits per heavy atom.